The SMILES string of the molecule is C=CB1OC(C)(C)C(C)(C)O1.C=Cc1cccc(C[C@H](C)C(=O)N(C)c2ccc(OC)cc2)c1.CC(=O)S.CCCc1cccc(C[C@H](C)C(=O)N(C)c2ccc(OC)cc2)c1.CCOC(=O)CC1=C(CSCCc2cccc(C[C@H](C)C(=O)N(C)c3ccc(OC)cc3)c2)Cc2ccccc21.CCOC(=O)Cc1c(CBr)n(C(C)=O)c2ccccc12.COc1ccc(N(C)C(=O)[C@@H](C)Cc2cccc(Br)c2)cc1. The highest BCUT2D eigenvalue weighted by atomic mass is 79.9. The first-order chi connectivity index (χ1) is 68.7. The number of esters is 2. The van der Waals surface area contributed by atoms with Crippen LogP contribution in [-0.4, -0.2) is 151 Å². The van der Waals surface area contributed by atoms with Crippen LogP contribution in [0.4, 0.5) is 22.7 Å². The van der Waals surface area contributed by atoms with Crippen molar-refractivity contribution in [2.75, 3.05) is 101 Å². The third-order valence-electron chi connectivity index (χ3n) is 24.8. The average molecular weight is 2120 g/mol. The van der Waals surface area contributed by atoms with Crippen LogP contribution in [0.2, 0.25) is 0 Å². The lowest BCUT2D eigenvalue weighted by Crippen LogP contribution is -2.41. The second kappa shape index (κ2) is 60.0. The summed E-state index contributed by atoms with van der Waals surface area (Å²) < 4.78 is 44.8. The van der Waals surface area contributed by atoms with Gasteiger partial charge in [0.1, 0.15) is 23.0 Å². The predicted octanol–water partition coefficient (Wildman–Crippen LogP) is 25.3. The Hall–Kier alpha value is -12.0. The highest BCUT2D eigenvalue weighted by Gasteiger charge is 2.50. The molecule has 21 nitrogen and oxygen atoms in total. The van der Waals surface area contributed by atoms with Crippen LogP contribution in [0.15, 0.2) is 272 Å². The first-order valence-corrected chi connectivity index (χ1v) is 52.1. The van der Waals surface area contributed by atoms with Gasteiger partial charge in [-0.25, -0.2) is 0 Å². The number of aromatic nitrogens is 1. The van der Waals surface area contributed by atoms with Gasteiger partial charge in [0.25, 0.3) is 0 Å². The molecule has 11 aromatic rings. The number of aryl methyl sites for hydroxylation is 2. The number of carbonyl (C=O) groups excluding carboxylic acids is 8. The third-order valence-corrected chi connectivity index (χ3v) is 26.9. The van der Waals surface area contributed by atoms with Crippen LogP contribution in [0.25, 0.3) is 22.6 Å². The second-order valence-corrected chi connectivity index (χ2v) is 39.5. The molecule has 0 unspecified atom stereocenters. The minimum Gasteiger partial charge on any atom is -0.497 e. The van der Waals surface area contributed by atoms with Crippen molar-refractivity contribution in [3.63, 3.8) is 0 Å². The standard InChI is InChI=1S/C34H39NO4S.C21H27NO2.C20H23NO2.C18H20BrNO2.C15H16BrNO3.C8H15BO2.C2H4OS/c1-5-39-33(36)22-32-28(21-27-11-6-7-12-31(27)32)23-40-18-17-25-9-8-10-26(20-25)19-24(2)34(37)35(3)29-13-15-30(38-4)16-14-29;1-5-7-17-8-6-9-18(15-17)14-16(2)21(23)22(3)19-10-12-20(24-4)13-11-19;1-5-16-7-6-8-17(14-16)13-15(2)20(22)21(3)18-9-11-19(23-4)12-10-18;1-13(11-14-5-4-6-15(19)12-14)18(21)20(2)16-7-9-17(22-3)10-8-16;1-3-20-15(19)8-12-11-6-4-5-7-13(11)17(10(2)18)14(12)9-16;1-6-9-10-7(2,3)8(4,5)11-9;1-2(3)4/h6-16,20,24H,5,17-19,21-23H2,1-4H3;6,8-13,15-16H,5,7,14H2,1-4H3;5-12,14-15H,1,13H2,2-4H3;4-10,12-13H,11H2,1-3H3;4-7H,3,8-9H2,1-2H3;6H,1H2,2-5H3;1H3,(H,3,4)/t24-;16-;15-;13-;;;/m0000.../s1. The molecule has 26 heteroatoms. The van der Waals surface area contributed by atoms with E-state index in [2.05, 4.69) is 143 Å². The Bertz CT molecular complexity index is 6050. The van der Waals surface area contributed by atoms with Crippen LogP contribution >= 0.6 is 56.3 Å². The molecular formula is C118H144BBr2N5O16S2. The molecule has 4 atom stereocenters. The molecule has 10 aromatic carbocycles. The number of carbonyl (C=O) groups is 8. The van der Waals surface area contributed by atoms with Crippen LogP contribution in [0.5, 0.6) is 23.0 Å². The summed E-state index contributed by atoms with van der Waals surface area (Å²) in [6.45, 7) is 32.9. The van der Waals surface area contributed by atoms with Gasteiger partial charge < -0.3 is 57.3 Å². The summed E-state index contributed by atoms with van der Waals surface area (Å²) in [5.41, 5.74) is 18.9. The number of thioether (sulfide) groups is 1. The number of anilines is 4. The van der Waals surface area contributed by atoms with E-state index < -0.39 is 0 Å². The smallest absolute Gasteiger partial charge is 0.486 e. The van der Waals surface area contributed by atoms with Crippen LogP contribution in [-0.2, 0) is 109 Å². The molecule has 0 N–H and O–H groups in total. The summed E-state index contributed by atoms with van der Waals surface area (Å²) in [6.07, 6.45) is 9.31. The Morgan fingerprint density at radius 1 is 0.486 bits per heavy atom. The number of methoxy groups -OCH3 is 4. The van der Waals surface area contributed by atoms with Crippen molar-refractivity contribution < 1.29 is 76.1 Å². The molecular weight excluding hydrogens is 1980 g/mol. The van der Waals surface area contributed by atoms with Crippen LogP contribution in [0, 0.1) is 23.7 Å². The van der Waals surface area contributed by atoms with Gasteiger partial charge in [-0.05, 0) is 269 Å². The lowest BCUT2D eigenvalue weighted by Gasteiger charge is -2.32. The largest absolute Gasteiger partial charge is 0.497 e. The maximum Gasteiger partial charge on any atom is 0.486 e. The zero-order chi connectivity index (χ0) is 106. The highest BCUT2D eigenvalue weighted by molar-refractivity contribution is 9.10. The first kappa shape index (κ1) is 119. The van der Waals surface area contributed by atoms with Gasteiger partial charge in [0.15, 0.2) is 5.12 Å². The van der Waals surface area contributed by atoms with Gasteiger partial charge in [-0.3, -0.25) is 42.9 Å². The number of hydrogen-bond donors (Lipinski definition) is 1. The van der Waals surface area contributed by atoms with E-state index in [0.29, 0.717) is 37.8 Å². The Labute approximate surface area is 881 Å². The molecule has 1 aliphatic carbocycles. The fourth-order valence-electron chi connectivity index (χ4n) is 16.4. The van der Waals surface area contributed by atoms with Crippen LogP contribution in [0.3, 0.4) is 0 Å². The number of halogens is 2. The number of nitrogens with zero attached hydrogens (tertiary/aromatic N) is 5. The summed E-state index contributed by atoms with van der Waals surface area (Å²) >= 11 is 12.1. The van der Waals surface area contributed by atoms with E-state index in [1.54, 1.807) is 72.6 Å². The van der Waals surface area contributed by atoms with Gasteiger partial charge in [-0.15, -0.1) is 19.2 Å². The predicted molar refractivity (Wildman–Crippen MR) is 601 cm³/mol. The van der Waals surface area contributed by atoms with Crippen molar-refractivity contribution >= 4 is 155 Å². The minimum atomic E-state index is -0.277. The summed E-state index contributed by atoms with van der Waals surface area (Å²) in [5.74, 6) is 6.26. The lowest BCUT2D eigenvalue weighted by atomic mass is 9.90. The maximum absolute atomic E-state index is 13.1. The van der Waals surface area contributed by atoms with Crippen molar-refractivity contribution in [3.05, 3.63) is 333 Å². The quantitative estimate of drug-likeness (QED) is 0.0127. The third kappa shape index (κ3) is 36.6. The number of alkyl halides is 1. The molecule has 2 aliphatic rings. The monoisotopic (exact) mass is 2120 g/mol. The van der Waals surface area contributed by atoms with Gasteiger partial charge in [0.2, 0.25) is 29.5 Å². The topological polar surface area (TPSA) is 228 Å². The highest BCUT2D eigenvalue weighted by Crippen LogP contribution is 2.40. The molecule has 766 valence electrons. The van der Waals surface area contributed by atoms with E-state index in [1.807, 2.05) is 265 Å². The van der Waals surface area contributed by atoms with E-state index in [1.165, 1.54) is 52.8 Å². The van der Waals surface area contributed by atoms with E-state index in [0.717, 1.165) is 145 Å². The van der Waals surface area contributed by atoms with E-state index in [-0.39, 0.29) is 95.0 Å². The summed E-state index contributed by atoms with van der Waals surface area (Å²) in [5, 5.41) is 1.29. The Morgan fingerprint density at radius 3 is 1.23 bits per heavy atom. The molecule has 0 radical (unpaired) electrons. The van der Waals surface area contributed by atoms with Crippen molar-refractivity contribution in [3.8, 4) is 23.0 Å². The van der Waals surface area contributed by atoms with Crippen molar-refractivity contribution in [1.29, 1.82) is 0 Å². The van der Waals surface area contributed by atoms with Gasteiger partial charge in [-0.1, -0.05) is 224 Å². The zero-order valence-electron chi connectivity index (χ0n) is 87.5. The summed E-state index contributed by atoms with van der Waals surface area (Å²) in [7, 11) is 13.5. The van der Waals surface area contributed by atoms with E-state index >= 15 is 0 Å². The summed E-state index contributed by atoms with van der Waals surface area (Å²) in [6, 6.07) is 79.4. The molecule has 0 spiro atoms. The van der Waals surface area contributed by atoms with Crippen molar-refractivity contribution in [2.24, 2.45) is 23.7 Å². The number of amides is 4. The van der Waals surface area contributed by atoms with E-state index in [4.69, 9.17) is 37.7 Å². The maximum atomic E-state index is 13.1. The molecule has 0 bridgehead atoms. The summed E-state index contributed by atoms with van der Waals surface area (Å²) in [4.78, 5) is 103. The van der Waals surface area contributed by atoms with Crippen molar-refractivity contribution in [2.45, 2.75) is 171 Å². The van der Waals surface area contributed by atoms with Crippen LogP contribution < -0.4 is 38.5 Å². The number of rotatable bonds is 36. The molecule has 1 aliphatic heterocycles. The number of benzene rings is 10. The second-order valence-electron chi connectivity index (χ2n) is 36.3. The van der Waals surface area contributed by atoms with E-state index in [9.17, 15) is 38.4 Å². The Morgan fingerprint density at radius 2 is 0.854 bits per heavy atom. The fourth-order valence-corrected chi connectivity index (χ4v) is 18.5. The molecule has 1 fully saturated rings. The minimum absolute atomic E-state index is 0.0611. The Balaban J connectivity index is 0.000000240. The molecule has 1 saturated heterocycles. The molecule has 13 rings (SSSR count). The first-order valence-electron chi connectivity index (χ1n) is 48.5. The average Bonchev–Trinajstić information content (AvgIpc) is 1.61. The molecule has 0 saturated carbocycles. The normalized spacial score (nSPS) is 13.0. The van der Waals surface area contributed by atoms with Crippen LogP contribution in [0.1, 0.15) is 169 Å². The zero-order valence-corrected chi connectivity index (χ0v) is 92.4. The number of para-hydroxylation sites is 1. The molecule has 4 amide bonds. The van der Waals surface area contributed by atoms with Gasteiger partial charge in [-0.2, -0.15) is 11.8 Å². The number of fused-ring (bicyclic) bond motifs is 2. The molecule has 1 aromatic heterocycles. The van der Waals surface area contributed by atoms with Gasteiger partial charge in [0.05, 0.1) is 71.2 Å². The fraction of sp³-hybridized carbons (Fsp3) is 0.356. The molecule has 2 heterocycles. The van der Waals surface area contributed by atoms with Crippen molar-refractivity contribution in [1.82, 2.24) is 4.57 Å². The number of hydrogen-bond acceptors (Lipinski definition) is 17. The lowest BCUT2D eigenvalue weighted by molar-refractivity contribution is -0.143. The number of thiol groups is 1. The van der Waals surface area contributed by atoms with Gasteiger partial charge >= 0.3 is 19.1 Å². The number of ether oxygens (including phenoxy) is 6. The van der Waals surface area contributed by atoms with Gasteiger partial charge in [0, 0.05) is 115 Å². The molecule has 144 heavy (non-hydrogen) atoms. The Kier molecular flexibility index (Phi) is 49.6.